The summed E-state index contributed by atoms with van der Waals surface area (Å²) in [6.07, 6.45) is 9.86. The van der Waals surface area contributed by atoms with E-state index in [0.29, 0.717) is 96.5 Å². The van der Waals surface area contributed by atoms with E-state index in [2.05, 4.69) is 10.6 Å². The minimum atomic E-state index is -0.862. The Balaban J connectivity index is 1.46. The molecule has 0 aromatic heterocycles. The van der Waals surface area contributed by atoms with Crippen LogP contribution in [0.1, 0.15) is 95.1 Å². The van der Waals surface area contributed by atoms with Crippen molar-refractivity contribution in [3.63, 3.8) is 0 Å². The second-order valence-corrected chi connectivity index (χ2v) is 16.3. The van der Waals surface area contributed by atoms with Crippen molar-refractivity contribution >= 4 is 66.3 Å². The van der Waals surface area contributed by atoms with Crippen LogP contribution in [0.25, 0.3) is 49.2 Å². The second kappa shape index (κ2) is 14.9. The molecular weight excluding hydrogens is 713 g/mol. The summed E-state index contributed by atoms with van der Waals surface area (Å²) in [5.74, 6) is 0.372. The number of benzene rings is 5. The molecule has 296 valence electrons. The third kappa shape index (κ3) is 6.05. The molecule has 5 aromatic rings. The predicted octanol–water partition coefficient (Wildman–Crippen LogP) is 7.42. The number of phenolic OH excluding ortho intramolecular Hbond substituents is 1. The number of ketones is 1. The standard InChI is InChI=1S/C45H52N2O9/c1-21-18-27-33-38-35(43(52)42(27)47-17-15-24-8-12-26(50)13-9-24)29(51)20-31(55-4)37(38)36-30(54-3)19-28(46-16-14-23-6-10-25(49)11-7-23)34-40(36)39(33)41(32(21)22(2)48)45(56-5)44(34)53/h18-20,23-26,32,46-47,49-50,52H,6-17H2,1-5H3. The van der Waals surface area contributed by atoms with Crippen molar-refractivity contribution in [2.75, 3.05) is 45.1 Å². The van der Waals surface area contributed by atoms with Crippen LogP contribution in [0.3, 0.4) is 0 Å². The van der Waals surface area contributed by atoms with Crippen LogP contribution in [0.4, 0.5) is 11.4 Å². The predicted molar refractivity (Wildman–Crippen MR) is 222 cm³/mol. The third-order valence-corrected chi connectivity index (χ3v) is 13.0. The Morgan fingerprint density at radius 1 is 0.714 bits per heavy atom. The SMILES string of the molecule is COc1c2c3c4c(c(NCCC5CCC(O)CC5)c(O)c5c(=O)cc(OC)c(c6c(OC)cc(NCCC7CCC(O)CC7)c(c1=O)c63)c54)C=C(C)C2C(C)=O. The van der Waals surface area contributed by atoms with Crippen molar-refractivity contribution in [1.29, 1.82) is 0 Å². The Hall–Kier alpha value is -4.87. The Labute approximate surface area is 325 Å². The summed E-state index contributed by atoms with van der Waals surface area (Å²) in [5, 5.41) is 43.2. The first kappa shape index (κ1) is 38.0. The normalized spacial score (nSPS) is 22.5. The monoisotopic (exact) mass is 764 g/mol. The number of aliphatic hydroxyl groups is 2. The highest BCUT2D eigenvalue weighted by Gasteiger charge is 2.37. The van der Waals surface area contributed by atoms with Crippen LogP contribution in [-0.2, 0) is 4.79 Å². The van der Waals surface area contributed by atoms with Crippen LogP contribution in [-0.4, -0.2) is 67.7 Å². The number of anilines is 2. The maximum atomic E-state index is 15.0. The van der Waals surface area contributed by atoms with Gasteiger partial charge in [0.1, 0.15) is 17.3 Å². The van der Waals surface area contributed by atoms with E-state index in [4.69, 9.17) is 14.2 Å². The Morgan fingerprint density at radius 3 is 1.82 bits per heavy atom. The van der Waals surface area contributed by atoms with Crippen LogP contribution in [0, 0.1) is 11.8 Å². The number of methoxy groups -OCH3 is 3. The Morgan fingerprint density at radius 2 is 1.27 bits per heavy atom. The first-order chi connectivity index (χ1) is 27.0. The summed E-state index contributed by atoms with van der Waals surface area (Å²) in [7, 11) is 4.49. The minimum Gasteiger partial charge on any atom is -0.505 e. The van der Waals surface area contributed by atoms with E-state index < -0.39 is 11.3 Å². The number of phenols is 1. The molecule has 0 radical (unpaired) electrons. The molecule has 0 aliphatic heterocycles. The summed E-state index contributed by atoms with van der Waals surface area (Å²) in [5.41, 5.74) is 1.83. The first-order valence-corrected chi connectivity index (χ1v) is 20.1. The van der Waals surface area contributed by atoms with Gasteiger partial charge in [0, 0.05) is 69.0 Å². The molecule has 1 unspecified atom stereocenters. The number of rotatable bonds is 12. The van der Waals surface area contributed by atoms with E-state index in [0.717, 1.165) is 64.2 Å². The van der Waals surface area contributed by atoms with Crippen molar-refractivity contribution in [2.24, 2.45) is 11.8 Å². The van der Waals surface area contributed by atoms with E-state index in [-0.39, 0.29) is 46.1 Å². The van der Waals surface area contributed by atoms with E-state index in [9.17, 15) is 29.7 Å². The van der Waals surface area contributed by atoms with Crippen molar-refractivity contribution in [3.05, 3.63) is 49.3 Å². The largest absolute Gasteiger partial charge is 0.505 e. The van der Waals surface area contributed by atoms with E-state index in [1.807, 2.05) is 13.0 Å². The smallest absolute Gasteiger partial charge is 0.230 e. The number of allylic oxidation sites excluding steroid dienone is 1. The summed E-state index contributed by atoms with van der Waals surface area (Å²) in [6, 6.07) is 3.18. The van der Waals surface area contributed by atoms with Crippen molar-refractivity contribution in [1.82, 2.24) is 0 Å². The van der Waals surface area contributed by atoms with Gasteiger partial charge < -0.3 is 40.2 Å². The molecule has 11 nitrogen and oxygen atoms in total. The van der Waals surface area contributed by atoms with Crippen LogP contribution < -0.4 is 35.7 Å². The molecule has 0 saturated heterocycles. The minimum absolute atomic E-state index is 0.0534. The van der Waals surface area contributed by atoms with Gasteiger partial charge in [-0.15, -0.1) is 0 Å². The lowest BCUT2D eigenvalue weighted by Gasteiger charge is -2.27. The van der Waals surface area contributed by atoms with Gasteiger partial charge in [-0.1, -0.05) is 11.6 Å². The summed E-state index contributed by atoms with van der Waals surface area (Å²) in [6.45, 7) is 4.45. The number of nitrogens with one attached hydrogen (secondary N) is 2. The van der Waals surface area contributed by atoms with Crippen molar-refractivity contribution < 1.29 is 34.3 Å². The highest BCUT2D eigenvalue weighted by Crippen LogP contribution is 2.57. The topological polar surface area (TPSA) is 164 Å². The number of hydrogen-bond donors (Lipinski definition) is 5. The van der Waals surface area contributed by atoms with E-state index in [1.54, 1.807) is 13.2 Å². The average Bonchev–Trinajstić information content (AvgIpc) is 3.31. The molecule has 0 bridgehead atoms. The molecule has 0 amide bonds. The Kier molecular flexibility index (Phi) is 10.1. The van der Waals surface area contributed by atoms with Gasteiger partial charge in [-0.25, -0.2) is 0 Å². The van der Waals surface area contributed by atoms with Crippen molar-refractivity contribution in [2.45, 2.75) is 96.2 Å². The molecule has 0 spiro atoms. The fourth-order valence-electron chi connectivity index (χ4n) is 10.3. The number of carbonyl (C=O) groups is 1. The maximum absolute atomic E-state index is 15.0. The molecule has 3 aliphatic carbocycles. The molecule has 2 fully saturated rings. The van der Waals surface area contributed by atoms with Gasteiger partial charge in [-0.2, -0.15) is 0 Å². The lowest BCUT2D eigenvalue weighted by atomic mass is 9.80. The molecule has 5 N–H and O–H groups in total. The van der Waals surface area contributed by atoms with Gasteiger partial charge in [-0.05, 0) is 95.3 Å². The fraction of sp³-hybridized carbons (Fsp3) is 0.489. The number of ether oxygens (including phenoxy) is 3. The molecule has 0 heterocycles. The van der Waals surface area contributed by atoms with Crippen LogP contribution in [0.15, 0.2) is 27.3 Å². The molecule has 3 aliphatic rings. The highest BCUT2D eigenvalue weighted by molar-refractivity contribution is 6.40. The molecule has 1 atom stereocenters. The van der Waals surface area contributed by atoms with Gasteiger partial charge in [0.05, 0.1) is 55.9 Å². The molecule has 8 rings (SSSR count). The number of Topliss-reactive ketones (excluding diaryl/α,β-unsaturated/α-hetero) is 1. The molecule has 56 heavy (non-hydrogen) atoms. The summed E-state index contributed by atoms with van der Waals surface area (Å²) >= 11 is 0. The van der Waals surface area contributed by atoms with Gasteiger partial charge in [0.25, 0.3) is 0 Å². The highest BCUT2D eigenvalue weighted by atomic mass is 16.5. The van der Waals surface area contributed by atoms with E-state index >= 15 is 0 Å². The van der Waals surface area contributed by atoms with Crippen LogP contribution >= 0.6 is 0 Å². The zero-order chi connectivity index (χ0) is 39.6. The fourth-order valence-corrected chi connectivity index (χ4v) is 10.3. The van der Waals surface area contributed by atoms with Gasteiger partial charge in [0.15, 0.2) is 16.9 Å². The van der Waals surface area contributed by atoms with Crippen LogP contribution in [0.5, 0.6) is 23.0 Å². The summed E-state index contributed by atoms with van der Waals surface area (Å²) in [4.78, 5) is 43.0. The molecule has 5 aromatic carbocycles. The Bertz CT molecular complexity index is 2500. The number of carbonyl (C=O) groups excluding carboxylic acids is 1. The first-order valence-electron chi connectivity index (χ1n) is 20.1. The van der Waals surface area contributed by atoms with Gasteiger partial charge in [0.2, 0.25) is 5.43 Å². The summed E-state index contributed by atoms with van der Waals surface area (Å²) < 4.78 is 18.1. The lowest BCUT2D eigenvalue weighted by Crippen LogP contribution is -2.21. The van der Waals surface area contributed by atoms with Crippen molar-refractivity contribution in [3.8, 4) is 23.0 Å². The number of aliphatic hydroxyl groups excluding tert-OH is 2. The zero-order valence-corrected chi connectivity index (χ0v) is 32.9. The zero-order valence-electron chi connectivity index (χ0n) is 32.9. The van der Waals surface area contributed by atoms with Gasteiger partial charge in [-0.3, -0.25) is 14.4 Å². The molecule has 2 saturated carbocycles. The molecule has 11 heteroatoms. The quantitative estimate of drug-likeness (QED) is 0.0488. The van der Waals surface area contributed by atoms with Gasteiger partial charge >= 0.3 is 0 Å². The number of hydrogen-bond acceptors (Lipinski definition) is 11. The lowest BCUT2D eigenvalue weighted by molar-refractivity contribution is -0.117. The number of aromatic hydroxyl groups is 1. The number of fused-ring (bicyclic) bond motifs is 1. The third-order valence-electron chi connectivity index (χ3n) is 13.0. The average molecular weight is 765 g/mol. The van der Waals surface area contributed by atoms with E-state index in [1.165, 1.54) is 27.2 Å². The van der Waals surface area contributed by atoms with Crippen LogP contribution in [0.2, 0.25) is 0 Å². The maximum Gasteiger partial charge on any atom is 0.230 e. The second-order valence-electron chi connectivity index (χ2n) is 16.3. The molecular formula is C45H52N2O9.